The van der Waals surface area contributed by atoms with Gasteiger partial charge in [0.2, 0.25) is 5.89 Å². The van der Waals surface area contributed by atoms with E-state index in [4.69, 9.17) is 10.2 Å². The highest BCUT2D eigenvalue weighted by atomic mass is 32.1. The molecule has 0 aromatic carbocycles. The van der Waals surface area contributed by atoms with Crippen molar-refractivity contribution in [3.63, 3.8) is 0 Å². The molecular formula is C10H14N4OS. The summed E-state index contributed by atoms with van der Waals surface area (Å²) < 4.78 is 5.34. The highest BCUT2D eigenvalue weighted by molar-refractivity contribution is 7.11. The lowest BCUT2D eigenvalue weighted by atomic mass is 10.4. The van der Waals surface area contributed by atoms with E-state index in [1.807, 2.05) is 0 Å². The molecule has 0 bridgehead atoms. The molecule has 3 N–H and O–H groups in total. The van der Waals surface area contributed by atoms with Crippen molar-refractivity contribution in [2.24, 2.45) is 5.73 Å². The molecular weight excluding hydrogens is 224 g/mol. The van der Waals surface area contributed by atoms with Crippen molar-refractivity contribution >= 4 is 17.4 Å². The lowest BCUT2D eigenvalue weighted by Gasteiger charge is -1.97. The molecule has 5 nitrogen and oxygen atoms in total. The second-order valence-electron chi connectivity index (χ2n) is 3.41. The SMILES string of the molecule is Cc1ccc(CNc2nnc(CCN)o2)s1. The van der Waals surface area contributed by atoms with E-state index in [-0.39, 0.29) is 0 Å². The topological polar surface area (TPSA) is 77.0 Å². The summed E-state index contributed by atoms with van der Waals surface area (Å²) in [4.78, 5) is 2.54. The fourth-order valence-electron chi connectivity index (χ4n) is 1.29. The van der Waals surface area contributed by atoms with Gasteiger partial charge in [-0.2, -0.15) is 0 Å². The number of nitrogens with zero attached hydrogens (tertiary/aromatic N) is 2. The van der Waals surface area contributed by atoms with Crippen LogP contribution in [-0.2, 0) is 13.0 Å². The van der Waals surface area contributed by atoms with Gasteiger partial charge >= 0.3 is 6.01 Å². The molecule has 0 spiro atoms. The van der Waals surface area contributed by atoms with E-state index >= 15 is 0 Å². The largest absolute Gasteiger partial charge is 0.408 e. The van der Waals surface area contributed by atoms with Crippen molar-refractivity contribution in [3.8, 4) is 0 Å². The molecule has 0 unspecified atom stereocenters. The van der Waals surface area contributed by atoms with Crippen LogP contribution in [0, 0.1) is 6.92 Å². The number of nitrogens with two attached hydrogens (primary N) is 1. The number of aryl methyl sites for hydroxylation is 1. The van der Waals surface area contributed by atoms with E-state index in [0.717, 1.165) is 0 Å². The monoisotopic (exact) mass is 238 g/mol. The second-order valence-corrected chi connectivity index (χ2v) is 4.78. The summed E-state index contributed by atoms with van der Waals surface area (Å²) in [7, 11) is 0. The predicted octanol–water partition coefficient (Wildman–Crippen LogP) is 1.55. The maximum atomic E-state index is 5.39. The predicted molar refractivity (Wildman–Crippen MR) is 63.4 cm³/mol. The summed E-state index contributed by atoms with van der Waals surface area (Å²) in [6, 6.07) is 4.63. The third kappa shape index (κ3) is 2.80. The van der Waals surface area contributed by atoms with Crippen molar-refractivity contribution in [1.29, 1.82) is 0 Å². The molecule has 2 heterocycles. The number of nitrogens with one attached hydrogen (secondary N) is 1. The molecule has 0 aliphatic heterocycles. The number of rotatable bonds is 5. The van der Waals surface area contributed by atoms with E-state index in [9.17, 15) is 0 Å². The molecule has 0 radical (unpaired) electrons. The number of aromatic nitrogens is 2. The maximum Gasteiger partial charge on any atom is 0.315 e. The number of hydrogen-bond donors (Lipinski definition) is 2. The highest BCUT2D eigenvalue weighted by Gasteiger charge is 2.04. The summed E-state index contributed by atoms with van der Waals surface area (Å²) in [6.45, 7) is 3.31. The van der Waals surface area contributed by atoms with Gasteiger partial charge in [-0.3, -0.25) is 0 Å². The normalized spacial score (nSPS) is 10.6. The van der Waals surface area contributed by atoms with Crippen LogP contribution in [0.2, 0.25) is 0 Å². The number of thiophene rings is 1. The fourth-order valence-corrected chi connectivity index (χ4v) is 2.12. The van der Waals surface area contributed by atoms with E-state index in [1.165, 1.54) is 9.75 Å². The molecule has 16 heavy (non-hydrogen) atoms. The Hall–Kier alpha value is -1.40. The van der Waals surface area contributed by atoms with Gasteiger partial charge in [-0.1, -0.05) is 5.10 Å². The van der Waals surface area contributed by atoms with E-state index in [1.54, 1.807) is 11.3 Å². The Labute approximate surface area is 97.7 Å². The van der Waals surface area contributed by atoms with Crippen LogP contribution in [0.3, 0.4) is 0 Å². The summed E-state index contributed by atoms with van der Waals surface area (Å²) in [5.74, 6) is 0.576. The second kappa shape index (κ2) is 5.09. The lowest BCUT2D eigenvalue weighted by Crippen LogP contribution is -2.02. The first kappa shape index (κ1) is 11.1. The average molecular weight is 238 g/mol. The lowest BCUT2D eigenvalue weighted by molar-refractivity contribution is 0.506. The van der Waals surface area contributed by atoms with Crippen molar-refractivity contribution < 1.29 is 4.42 Å². The average Bonchev–Trinajstić information content (AvgIpc) is 2.85. The fraction of sp³-hybridized carbons (Fsp3) is 0.400. The minimum absolute atomic E-state index is 0.453. The standard InChI is InChI=1S/C10H14N4OS/c1-7-2-3-8(16-7)6-12-10-14-13-9(15-10)4-5-11/h2-3H,4-6,11H2,1H3,(H,12,14). The maximum absolute atomic E-state index is 5.39. The summed E-state index contributed by atoms with van der Waals surface area (Å²) >= 11 is 1.75. The van der Waals surface area contributed by atoms with E-state index in [2.05, 4.69) is 34.6 Å². The Kier molecular flexibility index (Phi) is 3.53. The third-order valence-corrected chi connectivity index (χ3v) is 3.04. The highest BCUT2D eigenvalue weighted by Crippen LogP contribution is 2.16. The van der Waals surface area contributed by atoms with Gasteiger partial charge in [0.25, 0.3) is 0 Å². The van der Waals surface area contributed by atoms with E-state index < -0.39 is 0 Å². The Bertz CT molecular complexity index is 451. The van der Waals surface area contributed by atoms with Gasteiger partial charge in [0, 0.05) is 22.7 Å². The molecule has 2 aromatic heterocycles. The molecule has 0 atom stereocenters. The Morgan fingerprint density at radius 1 is 1.44 bits per heavy atom. The zero-order valence-corrected chi connectivity index (χ0v) is 9.88. The summed E-state index contributed by atoms with van der Waals surface area (Å²) in [5.41, 5.74) is 5.39. The first-order valence-corrected chi connectivity index (χ1v) is 5.91. The van der Waals surface area contributed by atoms with E-state index in [0.29, 0.717) is 31.4 Å². The first-order chi connectivity index (χ1) is 7.78. The van der Waals surface area contributed by atoms with Crippen LogP contribution in [-0.4, -0.2) is 16.7 Å². The molecule has 0 fully saturated rings. The van der Waals surface area contributed by atoms with Gasteiger partial charge in [0.1, 0.15) is 0 Å². The molecule has 6 heteroatoms. The molecule has 0 aliphatic rings. The smallest absolute Gasteiger partial charge is 0.315 e. The van der Waals surface area contributed by atoms with Crippen LogP contribution in [0.4, 0.5) is 6.01 Å². The van der Waals surface area contributed by atoms with Gasteiger partial charge in [-0.15, -0.1) is 16.4 Å². The summed E-state index contributed by atoms with van der Waals surface area (Å²) in [5, 5.41) is 10.8. The molecule has 2 rings (SSSR count). The molecule has 0 saturated heterocycles. The van der Waals surface area contributed by atoms with Crippen LogP contribution < -0.4 is 11.1 Å². The molecule has 0 aliphatic carbocycles. The Morgan fingerprint density at radius 3 is 3.00 bits per heavy atom. The molecule has 86 valence electrons. The molecule has 2 aromatic rings. The summed E-state index contributed by atoms with van der Waals surface area (Å²) in [6.07, 6.45) is 0.618. The van der Waals surface area contributed by atoms with Gasteiger partial charge in [-0.05, 0) is 19.1 Å². The minimum atomic E-state index is 0.453. The van der Waals surface area contributed by atoms with Crippen molar-refractivity contribution in [2.45, 2.75) is 19.9 Å². The van der Waals surface area contributed by atoms with Crippen LogP contribution in [0.1, 0.15) is 15.6 Å². The van der Waals surface area contributed by atoms with Crippen molar-refractivity contribution in [2.75, 3.05) is 11.9 Å². The third-order valence-electron chi connectivity index (χ3n) is 2.03. The number of hydrogen-bond acceptors (Lipinski definition) is 6. The minimum Gasteiger partial charge on any atom is -0.408 e. The Morgan fingerprint density at radius 2 is 2.31 bits per heavy atom. The van der Waals surface area contributed by atoms with Crippen LogP contribution >= 0.6 is 11.3 Å². The zero-order chi connectivity index (χ0) is 11.4. The number of anilines is 1. The quantitative estimate of drug-likeness (QED) is 0.826. The van der Waals surface area contributed by atoms with Crippen molar-refractivity contribution in [3.05, 3.63) is 27.8 Å². The van der Waals surface area contributed by atoms with Gasteiger partial charge in [0.15, 0.2) is 0 Å². The zero-order valence-electron chi connectivity index (χ0n) is 9.06. The first-order valence-electron chi connectivity index (χ1n) is 5.09. The van der Waals surface area contributed by atoms with Gasteiger partial charge < -0.3 is 15.5 Å². The van der Waals surface area contributed by atoms with Crippen LogP contribution in [0.15, 0.2) is 16.5 Å². The van der Waals surface area contributed by atoms with Crippen molar-refractivity contribution in [1.82, 2.24) is 10.2 Å². The van der Waals surface area contributed by atoms with Gasteiger partial charge in [0.05, 0.1) is 6.54 Å². The van der Waals surface area contributed by atoms with Crippen LogP contribution in [0.5, 0.6) is 0 Å². The van der Waals surface area contributed by atoms with Gasteiger partial charge in [-0.25, -0.2) is 0 Å². The Balaban J connectivity index is 1.89. The molecule has 0 saturated carbocycles. The molecule has 0 amide bonds. The van der Waals surface area contributed by atoms with Crippen LogP contribution in [0.25, 0.3) is 0 Å².